The molecule has 0 aromatic carbocycles. The van der Waals surface area contributed by atoms with Crippen molar-refractivity contribution in [2.75, 3.05) is 52.9 Å². The lowest BCUT2D eigenvalue weighted by Gasteiger charge is -2.44. The van der Waals surface area contributed by atoms with E-state index in [1.54, 1.807) is 20.8 Å². The number of aliphatic carboxylic acids is 1. The summed E-state index contributed by atoms with van der Waals surface area (Å²) in [5.74, 6) is -4.08. The van der Waals surface area contributed by atoms with Gasteiger partial charge in [-0.2, -0.15) is 0 Å². The van der Waals surface area contributed by atoms with Crippen LogP contribution in [0.3, 0.4) is 0 Å². The fraction of sp³-hybridized carbons (Fsp3) is 0.973. The van der Waals surface area contributed by atoms with Crippen molar-refractivity contribution < 1.29 is 98.9 Å². The first-order valence-corrected chi connectivity index (χ1v) is 19.8. The van der Waals surface area contributed by atoms with E-state index in [1.165, 1.54) is 0 Å². The average Bonchev–Trinajstić information content (AvgIpc) is 3.15. The quantitative estimate of drug-likeness (QED) is 0.0588. The smallest absolute Gasteiger partial charge is 0.333 e. The Balaban J connectivity index is 1.26. The number of aliphatic hydroxyl groups excluding tert-OH is 10. The molecule has 57 heavy (non-hydrogen) atoms. The second kappa shape index (κ2) is 22.0. The zero-order valence-electron chi connectivity index (χ0n) is 33.2. The topological polar surface area (TPSA) is 313 Å². The van der Waals surface area contributed by atoms with Crippen LogP contribution in [0.5, 0.6) is 0 Å². The molecular weight excluding hydrogens is 764 g/mol. The Morgan fingerprint density at radius 1 is 0.526 bits per heavy atom. The van der Waals surface area contributed by atoms with E-state index < -0.39 is 154 Å². The van der Waals surface area contributed by atoms with E-state index in [2.05, 4.69) is 0 Å². The average molecular weight is 831 g/mol. The van der Waals surface area contributed by atoms with Gasteiger partial charge in [0, 0.05) is 17.8 Å². The van der Waals surface area contributed by atoms with Crippen LogP contribution in [0, 0.1) is 23.7 Å². The van der Waals surface area contributed by atoms with E-state index in [4.69, 9.17) is 37.9 Å². The fourth-order valence-corrected chi connectivity index (χ4v) is 8.05. The van der Waals surface area contributed by atoms with Gasteiger partial charge < -0.3 is 94.1 Å². The molecular formula is C37H66O20. The fourth-order valence-electron chi connectivity index (χ4n) is 8.05. The normalized spacial score (nSPS) is 44.4. The van der Waals surface area contributed by atoms with Crippen molar-refractivity contribution in [3.05, 3.63) is 0 Å². The molecule has 4 fully saturated rings. The van der Waals surface area contributed by atoms with Crippen molar-refractivity contribution in [3.63, 3.8) is 0 Å². The first-order valence-electron chi connectivity index (χ1n) is 19.8. The molecule has 20 unspecified atom stereocenters. The number of aliphatic hydroxyl groups is 10. The molecule has 0 spiro atoms. The molecule has 20 atom stereocenters. The van der Waals surface area contributed by atoms with Crippen molar-refractivity contribution in [3.8, 4) is 0 Å². The third kappa shape index (κ3) is 12.0. The van der Waals surface area contributed by atoms with Gasteiger partial charge in [0.25, 0.3) is 0 Å². The highest BCUT2D eigenvalue weighted by Gasteiger charge is 2.50. The number of hydrogen-bond donors (Lipinski definition) is 11. The molecule has 4 rings (SSSR count). The van der Waals surface area contributed by atoms with Crippen LogP contribution in [0.25, 0.3) is 0 Å². The summed E-state index contributed by atoms with van der Waals surface area (Å²) in [4.78, 5) is 12.2. The summed E-state index contributed by atoms with van der Waals surface area (Å²) in [6.45, 7) is 6.11. The van der Waals surface area contributed by atoms with Crippen molar-refractivity contribution in [2.24, 2.45) is 23.7 Å². The van der Waals surface area contributed by atoms with E-state index in [-0.39, 0.29) is 38.4 Å². The molecule has 20 heteroatoms. The predicted molar refractivity (Wildman–Crippen MR) is 193 cm³/mol. The molecule has 0 saturated carbocycles. The Morgan fingerprint density at radius 2 is 0.965 bits per heavy atom. The van der Waals surface area contributed by atoms with Gasteiger partial charge in [-0.1, -0.05) is 13.8 Å². The van der Waals surface area contributed by atoms with Gasteiger partial charge in [-0.25, -0.2) is 4.79 Å². The van der Waals surface area contributed by atoms with Crippen molar-refractivity contribution >= 4 is 5.97 Å². The minimum Gasteiger partial charge on any atom is -0.479 e. The van der Waals surface area contributed by atoms with Crippen LogP contribution in [0.1, 0.15) is 41.0 Å². The summed E-state index contributed by atoms with van der Waals surface area (Å²) in [5, 5.41) is 116. The molecule has 20 nitrogen and oxygen atoms in total. The maximum absolute atomic E-state index is 12.2. The minimum absolute atomic E-state index is 0.0465. The highest BCUT2D eigenvalue weighted by atomic mass is 16.6. The SMILES string of the molecule is CC(C)CC1OC(C)C(COCC2OC(CO)C(COCC3OC(C(=O)O)C(COCC4OC(CO)C(O)C(OC(C)C)C4O)C(O)C3O)C(O)C2O)C(O)C1O. The largest absolute Gasteiger partial charge is 0.479 e. The zero-order chi connectivity index (χ0) is 42.3. The molecule has 11 N–H and O–H groups in total. The molecule has 4 aliphatic heterocycles. The van der Waals surface area contributed by atoms with E-state index in [0.717, 1.165) is 0 Å². The predicted octanol–water partition coefficient (Wildman–Crippen LogP) is -4.23. The Hall–Kier alpha value is -1.25. The van der Waals surface area contributed by atoms with E-state index in [1.807, 2.05) is 13.8 Å². The van der Waals surface area contributed by atoms with Crippen LogP contribution in [0.2, 0.25) is 0 Å². The van der Waals surface area contributed by atoms with Crippen LogP contribution >= 0.6 is 0 Å². The van der Waals surface area contributed by atoms with Gasteiger partial charge in [0.05, 0.1) is 95.6 Å². The molecule has 4 saturated heterocycles. The molecule has 0 bridgehead atoms. The molecule has 0 aliphatic carbocycles. The number of carboxylic acid groups (broad SMARTS) is 1. The summed E-state index contributed by atoms with van der Waals surface area (Å²) in [6, 6.07) is 0. The number of hydrogen-bond acceptors (Lipinski definition) is 19. The third-order valence-corrected chi connectivity index (χ3v) is 11.3. The second-order valence-electron chi connectivity index (χ2n) is 16.4. The first kappa shape index (κ1) is 48.4. The van der Waals surface area contributed by atoms with E-state index >= 15 is 0 Å². The van der Waals surface area contributed by atoms with Crippen LogP contribution in [0.4, 0.5) is 0 Å². The van der Waals surface area contributed by atoms with Gasteiger partial charge in [-0.15, -0.1) is 0 Å². The molecule has 4 aliphatic rings. The lowest BCUT2D eigenvalue weighted by molar-refractivity contribution is -0.261. The molecule has 0 aromatic heterocycles. The highest BCUT2D eigenvalue weighted by molar-refractivity contribution is 5.73. The standard InChI is InChI=1S/C37H66O20/c1-15(2)6-21-30(43)27(40)18(17(5)54-21)9-50-12-24-31(44)28(41)19(22(7-38)55-24)10-51-13-25-32(45)29(42)20(35(57-25)37(48)49)11-52-14-26-34(47)36(53-16(3)4)33(46)23(8-39)56-26/h15-36,38-47H,6-14H2,1-5H3,(H,48,49). The first-order chi connectivity index (χ1) is 26.9. The Labute approximate surface area is 332 Å². The Kier molecular flexibility index (Phi) is 18.7. The maximum Gasteiger partial charge on any atom is 0.333 e. The summed E-state index contributed by atoms with van der Waals surface area (Å²) in [7, 11) is 0. The second-order valence-corrected chi connectivity index (χ2v) is 16.4. The van der Waals surface area contributed by atoms with E-state index in [0.29, 0.717) is 6.42 Å². The molecule has 4 heterocycles. The van der Waals surface area contributed by atoms with Gasteiger partial charge in [0.15, 0.2) is 6.10 Å². The number of carbonyl (C=O) groups is 1. The van der Waals surface area contributed by atoms with Crippen LogP contribution in [-0.2, 0) is 42.7 Å². The number of carboxylic acids is 1. The molecule has 0 amide bonds. The van der Waals surface area contributed by atoms with Crippen molar-refractivity contribution in [1.82, 2.24) is 0 Å². The Bertz CT molecular complexity index is 1200. The maximum atomic E-state index is 12.2. The van der Waals surface area contributed by atoms with Crippen LogP contribution in [-0.4, -0.2) is 225 Å². The third-order valence-electron chi connectivity index (χ3n) is 11.3. The molecule has 0 radical (unpaired) electrons. The summed E-state index contributed by atoms with van der Waals surface area (Å²) in [5.41, 5.74) is 0. The van der Waals surface area contributed by atoms with Gasteiger partial charge in [-0.3, -0.25) is 0 Å². The van der Waals surface area contributed by atoms with Gasteiger partial charge >= 0.3 is 5.97 Å². The Morgan fingerprint density at radius 3 is 1.49 bits per heavy atom. The van der Waals surface area contributed by atoms with Gasteiger partial charge in [0.1, 0.15) is 61.0 Å². The number of rotatable bonds is 19. The minimum atomic E-state index is -1.68. The molecule has 334 valence electrons. The van der Waals surface area contributed by atoms with Crippen molar-refractivity contribution in [2.45, 2.75) is 151 Å². The highest BCUT2D eigenvalue weighted by Crippen LogP contribution is 2.33. The molecule has 0 aromatic rings. The zero-order valence-corrected chi connectivity index (χ0v) is 33.2. The van der Waals surface area contributed by atoms with Crippen LogP contribution < -0.4 is 0 Å². The summed E-state index contributed by atoms with van der Waals surface area (Å²) < 4.78 is 45.7. The van der Waals surface area contributed by atoms with E-state index in [9.17, 15) is 61.0 Å². The number of ether oxygens (including phenoxy) is 8. The van der Waals surface area contributed by atoms with Gasteiger partial charge in [0.2, 0.25) is 0 Å². The summed E-state index contributed by atoms with van der Waals surface area (Å²) >= 11 is 0. The van der Waals surface area contributed by atoms with Crippen molar-refractivity contribution in [1.29, 1.82) is 0 Å². The van der Waals surface area contributed by atoms with Crippen LogP contribution in [0.15, 0.2) is 0 Å². The lowest BCUT2D eigenvalue weighted by Crippen LogP contribution is -2.61. The summed E-state index contributed by atoms with van der Waals surface area (Å²) in [6.07, 6.45) is -20.5. The monoisotopic (exact) mass is 830 g/mol. The van der Waals surface area contributed by atoms with Gasteiger partial charge in [-0.05, 0) is 33.1 Å². The lowest BCUT2D eigenvalue weighted by atomic mass is 9.85.